The van der Waals surface area contributed by atoms with E-state index in [9.17, 15) is 4.79 Å². The molecule has 1 fully saturated rings. The van der Waals surface area contributed by atoms with Crippen LogP contribution in [-0.4, -0.2) is 16.9 Å². The number of carbonyl (C=O) groups is 1. The molecule has 5 nitrogen and oxygen atoms in total. The summed E-state index contributed by atoms with van der Waals surface area (Å²) < 4.78 is 6.12. The van der Waals surface area contributed by atoms with Crippen LogP contribution in [0.2, 0.25) is 0 Å². The zero-order chi connectivity index (χ0) is 19.4. The predicted octanol–water partition coefficient (Wildman–Crippen LogP) is 4.34. The maximum Gasteiger partial charge on any atom is 0.315 e. The summed E-state index contributed by atoms with van der Waals surface area (Å²) in [6.07, 6.45) is 0. The van der Waals surface area contributed by atoms with E-state index < -0.39 is 5.60 Å². The van der Waals surface area contributed by atoms with E-state index in [1.54, 1.807) is 6.92 Å². The average Bonchev–Trinajstić information content (AvgIpc) is 3.00. The number of hydrogen-bond donors (Lipinski definition) is 1. The quantitative estimate of drug-likeness (QED) is 0.726. The van der Waals surface area contributed by atoms with E-state index >= 15 is 0 Å². The zero-order valence-corrected chi connectivity index (χ0v) is 15.6. The van der Waals surface area contributed by atoms with Gasteiger partial charge in [-0.15, -0.1) is 0 Å². The summed E-state index contributed by atoms with van der Waals surface area (Å²) in [7, 11) is 0. The number of aliphatic imine (C=N–C) groups is 1. The highest BCUT2D eigenvalue weighted by atomic mass is 16.6. The smallest absolute Gasteiger partial charge is 0.315 e. The van der Waals surface area contributed by atoms with E-state index in [0.717, 1.165) is 16.8 Å². The Kier molecular flexibility index (Phi) is 4.81. The molecule has 0 radical (unpaired) electrons. The molecule has 3 aromatic rings. The van der Waals surface area contributed by atoms with E-state index in [-0.39, 0.29) is 11.9 Å². The number of ether oxygens (including phenoxy) is 1. The van der Waals surface area contributed by atoms with Crippen molar-refractivity contribution in [3.05, 3.63) is 102 Å². The molecule has 140 valence electrons. The van der Waals surface area contributed by atoms with Crippen molar-refractivity contribution >= 4 is 17.6 Å². The third-order valence-electron chi connectivity index (χ3n) is 4.68. The van der Waals surface area contributed by atoms with Crippen molar-refractivity contribution in [1.29, 1.82) is 0 Å². The first-order valence-electron chi connectivity index (χ1n) is 9.16. The Morgan fingerprint density at radius 1 is 0.893 bits per heavy atom. The summed E-state index contributed by atoms with van der Waals surface area (Å²) >= 11 is 0. The lowest BCUT2D eigenvalue weighted by Gasteiger charge is -2.20. The molecule has 0 spiro atoms. The van der Waals surface area contributed by atoms with Gasteiger partial charge >= 0.3 is 6.02 Å². The Labute approximate surface area is 164 Å². The molecule has 1 aliphatic rings. The molecule has 3 aromatic carbocycles. The van der Waals surface area contributed by atoms with Gasteiger partial charge in [-0.25, -0.2) is 4.99 Å². The van der Waals surface area contributed by atoms with Crippen molar-refractivity contribution < 1.29 is 9.53 Å². The van der Waals surface area contributed by atoms with Gasteiger partial charge in [-0.3, -0.25) is 10.2 Å². The van der Waals surface area contributed by atoms with Crippen LogP contribution in [0.4, 0.5) is 5.69 Å². The Bertz CT molecular complexity index is 975. The van der Waals surface area contributed by atoms with Gasteiger partial charge in [0.05, 0.1) is 12.2 Å². The first kappa shape index (κ1) is 17.8. The number of rotatable bonds is 5. The monoisotopic (exact) mass is 371 g/mol. The number of para-hydroxylation sites is 1. The molecule has 1 heterocycles. The van der Waals surface area contributed by atoms with Crippen molar-refractivity contribution in [2.75, 3.05) is 5.43 Å². The minimum Gasteiger partial charge on any atom is -0.442 e. The van der Waals surface area contributed by atoms with Gasteiger partial charge in [-0.2, -0.15) is 5.01 Å². The Hall–Kier alpha value is -3.60. The van der Waals surface area contributed by atoms with E-state index in [1.807, 2.05) is 91.0 Å². The van der Waals surface area contributed by atoms with Gasteiger partial charge in [-0.1, -0.05) is 78.9 Å². The summed E-state index contributed by atoms with van der Waals surface area (Å²) in [6.45, 7) is 2.19. The number of amides is 1. The van der Waals surface area contributed by atoms with Gasteiger partial charge in [0.15, 0.2) is 0 Å². The summed E-state index contributed by atoms with van der Waals surface area (Å²) in [5.74, 6) is -0.214. The van der Waals surface area contributed by atoms with Gasteiger partial charge in [-0.05, 0) is 24.6 Å². The van der Waals surface area contributed by atoms with E-state index in [1.165, 1.54) is 5.01 Å². The van der Waals surface area contributed by atoms with Crippen LogP contribution < -0.4 is 5.43 Å². The van der Waals surface area contributed by atoms with E-state index in [0.29, 0.717) is 6.54 Å². The van der Waals surface area contributed by atoms with Crippen LogP contribution >= 0.6 is 0 Å². The lowest BCUT2D eigenvalue weighted by Crippen LogP contribution is -2.40. The highest BCUT2D eigenvalue weighted by Crippen LogP contribution is 2.34. The summed E-state index contributed by atoms with van der Waals surface area (Å²) in [5.41, 5.74) is 4.59. The number of nitrogens with zero attached hydrogens (tertiary/aromatic N) is 2. The van der Waals surface area contributed by atoms with Gasteiger partial charge < -0.3 is 4.74 Å². The van der Waals surface area contributed by atoms with Gasteiger partial charge in [0.2, 0.25) is 5.60 Å². The molecule has 0 aromatic heterocycles. The molecule has 28 heavy (non-hydrogen) atoms. The standard InChI is InChI=1S/C23H21N3O2/c1-23(19-13-7-3-8-14-19)21(27)26(25-20-15-9-4-10-16-20)22(28-23)24-17-18-11-5-2-6-12-18/h2-16,25H,17H2,1H3/b24-22-. The predicted molar refractivity (Wildman–Crippen MR) is 109 cm³/mol. The lowest BCUT2D eigenvalue weighted by atomic mass is 9.95. The number of hydrazine groups is 1. The topological polar surface area (TPSA) is 53.9 Å². The fourth-order valence-electron chi connectivity index (χ4n) is 3.10. The number of hydrogen-bond acceptors (Lipinski definition) is 4. The number of anilines is 1. The maximum absolute atomic E-state index is 13.3. The lowest BCUT2D eigenvalue weighted by molar-refractivity contribution is -0.135. The van der Waals surface area contributed by atoms with Crippen molar-refractivity contribution in [2.24, 2.45) is 4.99 Å². The van der Waals surface area contributed by atoms with Crippen molar-refractivity contribution in [2.45, 2.75) is 19.1 Å². The third-order valence-corrected chi connectivity index (χ3v) is 4.68. The van der Waals surface area contributed by atoms with Crippen LogP contribution in [0.1, 0.15) is 18.1 Å². The summed E-state index contributed by atoms with van der Waals surface area (Å²) in [6, 6.07) is 29.1. The summed E-state index contributed by atoms with van der Waals surface area (Å²) in [4.78, 5) is 17.9. The summed E-state index contributed by atoms with van der Waals surface area (Å²) in [5, 5.41) is 1.39. The highest BCUT2D eigenvalue weighted by Gasteiger charge is 2.51. The number of amidine groups is 1. The van der Waals surface area contributed by atoms with Crippen molar-refractivity contribution in [3.8, 4) is 0 Å². The first-order chi connectivity index (χ1) is 13.7. The highest BCUT2D eigenvalue weighted by molar-refractivity contribution is 6.05. The van der Waals surface area contributed by atoms with Crippen LogP contribution in [0.15, 0.2) is 96.0 Å². The molecule has 0 saturated carbocycles. The molecule has 1 N–H and O–H groups in total. The van der Waals surface area contributed by atoms with Crippen LogP contribution in [0.5, 0.6) is 0 Å². The molecular weight excluding hydrogens is 350 g/mol. The molecular formula is C23H21N3O2. The SMILES string of the molecule is CC1(c2ccccc2)O/C(=N\Cc2ccccc2)N(Nc2ccccc2)C1=O. The Morgan fingerprint density at radius 2 is 1.46 bits per heavy atom. The van der Waals surface area contributed by atoms with E-state index in [4.69, 9.17) is 4.74 Å². The number of nitrogens with one attached hydrogen (secondary N) is 1. The molecule has 1 atom stereocenters. The number of carbonyl (C=O) groups excluding carboxylic acids is 1. The van der Waals surface area contributed by atoms with Gasteiger partial charge in [0.1, 0.15) is 0 Å². The van der Waals surface area contributed by atoms with E-state index in [2.05, 4.69) is 10.4 Å². The molecule has 1 saturated heterocycles. The fraction of sp³-hybridized carbons (Fsp3) is 0.130. The third kappa shape index (κ3) is 3.47. The maximum atomic E-state index is 13.3. The minimum atomic E-state index is -1.14. The fourth-order valence-corrected chi connectivity index (χ4v) is 3.10. The first-order valence-corrected chi connectivity index (χ1v) is 9.16. The van der Waals surface area contributed by atoms with Crippen LogP contribution in [0, 0.1) is 0 Å². The molecule has 1 amide bonds. The number of benzene rings is 3. The van der Waals surface area contributed by atoms with Crippen molar-refractivity contribution in [3.63, 3.8) is 0 Å². The normalized spacial score (nSPS) is 20.2. The molecule has 0 aliphatic carbocycles. The molecule has 5 heteroatoms. The Morgan fingerprint density at radius 3 is 2.11 bits per heavy atom. The molecule has 1 unspecified atom stereocenters. The molecule has 0 bridgehead atoms. The van der Waals surface area contributed by atoms with Crippen LogP contribution in [0.3, 0.4) is 0 Å². The Balaban J connectivity index is 1.68. The molecule has 1 aliphatic heterocycles. The van der Waals surface area contributed by atoms with Gasteiger partial charge in [0.25, 0.3) is 5.91 Å². The second kappa shape index (κ2) is 7.56. The average molecular weight is 371 g/mol. The largest absolute Gasteiger partial charge is 0.442 e. The van der Waals surface area contributed by atoms with Crippen LogP contribution in [0.25, 0.3) is 0 Å². The molecule has 4 rings (SSSR count). The van der Waals surface area contributed by atoms with Gasteiger partial charge in [0, 0.05) is 5.56 Å². The van der Waals surface area contributed by atoms with Crippen molar-refractivity contribution in [1.82, 2.24) is 5.01 Å². The second-order valence-corrected chi connectivity index (χ2v) is 6.70. The van der Waals surface area contributed by atoms with Crippen LogP contribution in [-0.2, 0) is 21.7 Å². The second-order valence-electron chi connectivity index (χ2n) is 6.70. The zero-order valence-electron chi connectivity index (χ0n) is 15.6. The minimum absolute atomic E-state index is 0.214.